The first kappa shape index (κ1) is 15.8. The molecule has 1 aromatic carbocycles. The van der Waals surface area contributed by atoms with Crippen LogP contribution in [0.3, 0.4) is 0 Å². The fourth-order valence-corrected chi connectivity index (χ4v) is 4.18. The first-order valence-corrected chi connectivity index (χ1v) is 8.66. The number of carbonyl (C=O) groups is 1. The molecule has 1 unspecified atom stereocenters. The van der Waals surface area contributed by atoms with Crippen molar-refractivity contribution in [2.45, 2.75) is 45.2 Å². The quantitative estimate of drug-likeness (QED) is 0.850. The van der Waals surface area contributed by atoms with Crippen molar-refractivity contribution in [1.29, 1.82) is 0 Å². The molecule has 22 heavy (non-hydrogen) atoms. The molecule has 0 radical (unpaired) electrons. The predicted molar refractivity (Wildman–Crippen MR) is 89.9 cm³/mol. The van der Waals surface area contributed by atoms with Gasteiger partial charge in [-0.05, 0) is 43.5 Å². The van der Waals surface area contributed by atoms with Crippen molar-refractivity contribution in [3.8, 4) is 0 Å². The van der Waals surface area contributed by atoms with Crippen molar-refractivity contribution >= 4 is 17.5 Å². The minimum absolute atomic E-state index is 0.0953. The molecule has 1 atom stereocenters. The van der Waals surface area contributed by atoms with Crippen LogP contribution in [-0.4, -0.2) is 40.9 Å². The molecule has 1 aromatic rings. The SMILES string of the molecule is CC(C)C(=O)N1CCC2(CCCN2Cc2cccc(Cl)c2)C1. The zero-order valence-corrected chi connectivity index (χ0v) is 14.3. The molecular weight excluding hydrogens is 296 g/mol. The Bertz CT molecular complexity index is 560. The van der Waals surface area contributed by atoms with Gasteiger partial charge in [0.1, 0.15) is 0 Å². The van der Waals surface area contributed by atoms with Gasteiger partial charge in [0.25, 0.3) is 0 Å². The van der Waals surface area contributed by atoms with Gasteiger partial charge in [0, 0.05) is 36.1 Å². The highest BCUT2D eigenvalue weighted by Gasteiger charge is 2.47. The van der Waals surface area contributed by atoms with E-state index in [2.05, 4.69) is 21.9 Å². The topological polar surface area (TPSA) is 23.6 Å². The van der Waals surface area contributed by atoms with Crippen LogP contribution in [0.15, 0.2) is 24.3 Å². The highest BCUT2D eigenvalue weighted by molar-refractivity contribution is 6.30. The van der Waals surface area contributed by atoms with Gasteiger partial charge in [0.15, 0.2) is 0 Å². The molecule has 2 heterocycles. The van der Waals surface area contributed by atoms with Crippen LogP contribution < -0.4 is 0 Å². The molecule has 1 spiro atoms. The molecule has 2 aliphatic heterocycles. The standard InChI is InChI=1S/C18H25ClN2O/c1-14(2)17(22)20-10-8-18(13-20)7-4-9-21(18)12-15-5-3-6-16(19)11-15/h3,5-6,11,14H,4,7-10,12-13H2,1-2H3. The minimum Gasteiger partial charge on any atom is -0.341 e. The fourth-order valence-electron chi connectivity index (χ4n) is 3.97. The van der Waals surface area contributed by atoms with E-state index in [1.165, 1.54) is 18.4 Å². The summed E-state index contributed by atoms with van der Waals surface area (Å²) in [6, 6.07) is 8.14. The molecule has 2 aliphatic rings. The van der Waals surface area contributed by atoms with Crippen molar-refractivity contribution < 1.29 is 4.79 Å². The molecule has 4 heteroatoms. The van der Waals surface area contributed by atoms with Crippen LogP contribution in [0.25, 0.3) is 0 Å². The molecule has 0 aromatic heterocycles. The Morgan fingerprint density at radius 3 is 2.86 bits per heavy atom. The summed E-state index contributed by atoms with van der Waals surface area (Å²) in [4.78, 5) is 16.9. The molecular formula is C18H25ClN2O. The lowest BCUT2D eigenvalue weighted by Crippen LogP contribution is -2.46. The van der Waals surface area contributed by atoms with Crippen molar-refractivity contribution in [3.63, 3.8) is 0 Å². The largest absolute Gasteiger partial charge is 0.341 e. The lowest BCUT2D eigenvalue weighted by atomic mass is 9.94. The van der Waals surface area contributed by atoms with Gasteiger partial charge < -0.3 is 4.90 Å². The van der Waals surface area contributed by atoms with E-state index in [-0.39, 0.29) is 11.5 Å². The number of hydrogen-bond acceptors (Lipinski definition) is 2. The third-order valence-corrected chi connectivity index (χ3v) is 5.38. The van der Waals surface area contributed by atoms with Crippen LogP contribution >= 0.6 is 11.6 Å². The smallest absolute Gasteiger partial charge is 0.225 e. The Balaban J connectivity index is 1.72. The number of amides is 1. The van der Waals surface area contributed by atoms with Crippen LogP contribution in [0.5, 0.6) is 0 Å². The first-order chi connectivity index (χ1) is 10.5. The number of carbonyl (C=O) groups excluding carboxylic acids is 1. The van der Waals surface area contributed by atoms with Crippen LogP contribution in [0, 0.1) is 5.92 Å². The summed E-state index contributed by atoms with van der Waals surface area (Å²) in [5, 5.41) is 0.800. The average molecular weight is 321 g/mol. The van der Waals surface area contributed by atoms with Gasteiger partial charge in [-0.3, -0.25) is 9.69 Å². The van der Waals surface area contributed by atoms with Gasteiger partial charge >= 0.3 is 0 Å². The Morgan fingerprint density at radius 2 is 2.14 bits per heavy atom. The highest BCUT2D eigenvalue weighted by atomic mass is 35.5. The summed E-state index contributed by atoms with van der Waals surface area (Å²) in [7, 11) is 0. The van der Waals surface area contributed by atoms with Crippen molar-refractivity contribution in [3.05, 3.63) is 34.9 Å². The summed E-state index contributed by atoms with van der Waals surface area (Å²) < 4.78 is 0. The molecule has 120 valence electrons. The third kappa shape index (κ3) is 3.02. The van der Waals surface area contributed by atoms with E-state index < -0.39 is 0 Å². The lowest BCUT2D eigenvalue weighted by Gasteiger charge is -2.35. The van der Waals surface area contributed by atoms with Gasteiger partial charge in [-0.2, -0.15) is 0 Å². The number of likely N-dealkylation sites (tertiary alicyclic amines) is 2. The Hall–Kier alpha value is -1.06. The fraction of sp³-hybridized carbons (Fsp3) is 0.611. The second-order valence-corrected chi connectivity index (χ2v) is 7.48. The Labute approximate surface area is 138 Å². The maximum atomic E-state index is 12.3. The highest BCUT2D eigenvalue weighted by Crippen LogP contribution is 2.39. The molecule has 0 N–H and O–H groups in total. The maximum absolute atomic E-state index is 12.3. The molecule has 0 saturated carbocycles. The second-order valence-electron chi connectivity index (χ2n) is 7.04. The van der Waals surface area contributed by atoms with E-state index in [0.29, 0.717) is 5.91 Å². The van der Waals surface area contributed by atoms with Crippen molar-refractivity contribution in [1.82, 2.24) is 9.80 Å². The van der Waals surface area contributed by atoms with Gasteiger partial charge in [-0.25, -0.2) is 0 Å². The zero-order valence-electron chi connectivity index (χ0n) is 13.5. The van der Waals surface area contributed by atoms with Gasteiger partial charge in [0.05, 0.1) is 0 Å². The van der Waals surface area contributed by atoms with Crippen molar-refractivity contribution in [2.24, 2.45) is 5.92 Å². The number of halogens is 1. The van der Waals surface area contributed by atoms with E-state index >= 15 is 0 Å². The molecule has 1 amide bonds. The number of nitrogens with zero attached hydrogens (tertiary/aromatic N) is 2. The van der Waals surface area contributed by atoms with E-state index in [0.717, 1.165) is 37.6 Å². The summed E-state index contributed by atoms with van der Waals surface area (Å²) >= 11 is 6.11. The molecule has 0 bridgehead atoms. The van der Waals surface area contributed by atoms with Gasteiger partial charge in [0.2, 0.25) is 5.91 Å². The summed E-state index contributed by atoms with van der Waals surface area (Å²) in [5.41, 5.74) is 1.45. The van der Waals surface area contributed by atoms with Gasteiger partial charge in [-0.15, -0.1) is 0 Å². The zero-order chi connectivity index (χ0) is 15.7. The van der Waals surface area contributed by atoms with Crippen molar-refractivity contribution in [2.75, 3.05) is 19.6 Å². The molecule has 0 aliphatic carbocycles. The molecule has 3 rings (SSSR count). The summed E-state index contributed by atoms with van der Waals surface area (Å²) in [6.45, 7) is 7.84. The van der Waals surface area contributed by atoms with E-state index in [1.54, 1.807) is 0 Å². The lowest BCUT2D eigenvalue weighted by molar-refractivity contribution is -0.133. The first-order valence-electron chi connectivity index (χ1n) is 8.28. The van der Waals surface area contributed by atoms with E-state index in [4.69, 9.17) is 11.6 Å². The monoisotopic (exact) mass is 320 g/mol. The molecule has 3 nitrogen and oxygen atoms in total. The normalized spacial score (nSPS) is 25.5. The number of benzene rings is 1. The number of rotatable bonds is 3. The molecule has 2 saturated heterocycles. The van der Waals surface area contributed by atoms with Crippen LogP contribution in [0.4, 0.5) is 0 Å². The predicted octanol–water partition coefficient (Wildman–Crippen LogP) is 3.56. The van der Waals surface area contributed by atoms with Gasteiger partial charge in [-0.1, -0.05) is 37.6 Å². The molecule has 2 fully saturated rings. The Kier molecular flexibility index (Phi) is 4.47. The Morgan fingerprint density at radius 1 is 1.32 bits per heavy atom. The third-order valence-electron chi connectivity index (χ3n) is 5.14. The van der Waals surface area contributed by atoms with Crippen LogP contribution in [-0.2, 0) is 11.3 Å². The van der Waals surface area contributed by atoms with E-state index in [9.17, 15) is 4.79 Å². The van der Waals surface area contributed by atoms with E-state index in [1.807, 2.05) is 26.0 Å². The second kappa shape index (κ2) is 6.21. The van der Waals surface area contributed by atoms with Crippen LogP contribution in [0.2, 0.25) is 5.02 Å². The average Bonchev–Trinajstić information content (AvgIpc) is 3.07. The maximum Gasteiger partial charge on any atom is 0.225 e. The minimum atomic E-state index is 0.0953. The summed E-state index contributed by atoms with van der Waals surface area (Å²) in [6.07, 6.45) is 3.53. The summed E-state index contributed by atoms with van der Waals surface area (Å²) in [5.74, 6) is 0.393. The number of hydrogen-bond donors (Lipinski definition) is 0. The van der Waals surface area contributed by atoms with Crippen LogP contribution in [0.1, 0.15) is 38.7 Å².